The minimum atomic E-state index is -0.683. The molecule has 2 N–H and O–H groups in total. The molecule has 1 aromatic heterocycles. The largest absolute Gasteiger partial charge is 0.348 e. The van der Waals surface area contributed by atoms with Crippen molar-refractivity contribution in [1.82, 2.24) is 14.9 Å². The Hall–Kier alpha value is -3.72. The number of carbonyl (C=O) groups excluding carboxylic acids is 2. The van der Waals surface area contributed by atoms with Crippen LogP contribution < -0.4 is 10.6 Å². The average Bonchev–Trinajstić information content (AvgIpc) is 3.24. The first-order chi connectivity index (χ1) is 19.2. The summed E-state index contributed by atoms with van der Waals surface area (Å²) in [6, 6.07) is 22.3. The van der Waals surface area contributed by atoms with Crippen LogP contribution in [0.5, 0.6) is 0 Å². The number of amides is 2. The first-order valence-corrected chi connectivity index (χ1v) is 13.8. The van der Waals surface area contributed by atoms with Crippen LogP contribution in [0, 0.1) is 5.82 Å². The van der Waals surface area contributed by atoms with Gasteiger partial charge in [0, 0.05) is 40.8 Å². The van der Waals surface area contributed by atoms with Crippen LogP contribution in [0.4, 0.5) is 10.1 Å². The lowest BCUT2D eigenvalue weighted by Gasteiger charge is -2.10. The van der Waals surface area contributed by atoms with Crippen LogP contribution in [0.2, 0.25) is 10.0 Å². The molecule has 0 aliphatic carbocycles. The van der Waals surface area contributed by atoms with Crippen LogP contribution >= 0.6 is 39.1 Å². The first kappa shape index (κ1) is 27.8. The first-order valence-electron chi connectivity index (χ1n) is 12.2. The zero-order valence-corrected chi connectivity index (χ0v) is 24.2. The van der Waals surface area contributed by atoms with Gasteiger partial charge < -0.3 is 15.2 Å². The quantitative estimate of drug-likeness (QED) is 0.193. The molecule has 6 nitrogen and oxygen atoms in total. The number of fused-ring (bicyclic) bond motifs is 1. The molecule has 0 atom stereocenters. The van der Waals surface area contributed by atoms with E-state index in [1.165, 1.54) is 18.2 Å². The minimum Gasteiger partial charge on any atom is -0.348 e. The fourth-order valence-corrected chi connectivity index (χ4v) is 5.01. The van der Waals surface area contributed by atoms with Crippen LogP contribution in [-0.2, 0) is 20.0 Å². The second-order valence-corrected chi connectivity index (χ2v) is 10.9. The predicted molar refractivity (Wildman–Crippen MR) is 160 cm³/mol. The molecule has 202 valence electrons. The molecule has 0 radical (unpaired) electrons. The third kappa shape index (κ3) is 6.04. The Kier molecular flexibility index (Phi) is 8.21. The van der Waals surface area contributed by atoms with Gasteiger partial charge in [0.25, 0.3) is 11.8 Å². The van der Waals surface area contributed by atoms with Gasteiger partial charge >= 0.3 is 0 Å². The normalized spacial score (nSPS) is 11.0. The molecule has 0 aliphatic heterocycles. The highest BCUT2D eigenvalue weighted by atomic mass is 79.9. The van der Waals surface area contributed by atoms with Crippen molar-refractivity contribution in [2.75, 3.05) is 5.32 Å². The van der Waals surface area contributed by atoms with Crippen molar-refractivity contribution < 1.29 is 14.0 Å². The van der Waals surface area contributed by atoms with E-state index in [4.69, 9.17) is 28.2 Å². The van der Waals surface area contributed by atoms with E-state index in [0.717, 1.165) is 26.9 Å². The van der Waals surface area contributed by atoms with Gasteiger partial charge in [-0.15, -0.1) is 0 Å². The van der Waals surface area contributed by atoms with Crippen LogP contribution in [0.1, 0.15) is 37.7 Å². The highest BCUT2D eigenvalue weighted by Crippen LogP contribution is 2.25. The summed E-state index contributed by atoms with van der Waals surface area (Å²) in [6.45, 7) is 0.160. The molecular formula is C30H22BrCl2FN4O2. The lowest BCUT2D eigenvalue weighted by Crippen LogP contribution is -2.24. The Morgan fingerprint density at radius 1 is 0.950 bits per heavy atom. The van der Waals surface area contributed by atoms with Gasteiger partial charge in [-0.3, -0.25) is 9.59 Å². The van der Waals surface area contributed by atoms with Gasteiger partial charge in [0.1, 0.15) is 11.6 Å². The fourth-order valence-electron chi connectivity index (χ4n) is 4.31. The van der Waals surface area contributed by atoms with Crippen molar-refractivity contribution in [2.45, 2.75) is 13.0 Å². The molecule has 2 amide bonds. The Morgan fingerprint density at radius 3 is 2.48 bits per heavy atom. The molecule has 5 aromatic rings. The maximum atomic E-state index is 14.1. The number of nitrogens with one attached hydrogen (secondary N) is 2. The number of carbonyl (C=O) groups is 2. The second-order valence-electron chi connectivity index (χ2n) is 9.13. The maximum absolute atomic E-state index is 14.1. The van der Waals surface area contributed by atoms with E-state index in [2.05, 4.69) is 26.6 Å². The Balaban J connectivity index is 1.32. The van der Waals surface area contributed by atoms with Gasteiger partial charge in [0.05, 0.1) is 21.6 Å². The van der Waals surface area contributed by atoms with Crippen molar-refractivity contribution in [1.29, 1.82) is 0 Å². The van der Waals surface area contributed by atoms with Gasteiger partial charge in [-0.25, -0.2) is 9.37 Å². The lowest BCUT2D eigenvalue weighted by atomic mass is 10.1. The smallest absolute Gasteiger partial charge is 0.256 e. The summed E-state index contributed by atoms with van der Waals surface area (Å²) < 4.78 is 17.0. The van der Waals surface area contributed by atoms with E-state index in [1.54, 1.807) is 24.3 Å². The van der Waals surface area contributed by atoms with Gasteiger partial charge in [0.2, 0.25) is 0 Å². The maximum Gasteiger partial charge on any atom is 0.256 e. The van der Waals surface area contributed by atoms with E-state index < -0.39 is 11.7 Å². The number of hydrogen-bond donors (Lipinski definition) is 2. The van der Waals surface area contributed by atoms with Crippen molar-refractivity contribution in [3.63, 3.8) is 0 Å². The van der Waals surface area contributed by atoms with Gasteiger partial charge in [-0.1, -0.05) is 57.3 Å². The number of aromatic nitrogens is 2. The van der Waals surface area contributed by atoms with Crippen molar-refractivity contribution >= 4 is 67.7 Å². The summed E-state index contributed by atoms with van der Waals surface area (Å²) in [7, 11) is 1.91. The zero-order chi connectivity index (χ0) is 28.4. The number of benzene rings is 4. The number of rotatable bonds is 7. The van der Waals surface area contributed by atoms with E-state index in [-0.39, 0.29) is 23.0 Å². The van der Waals surface area contributed by atoms with Crippen molar-refractivity contribution in [3.8, 4) is 0 Å². The van der Waals surface area contributed by atoms with Crippen molar-refractivity contribution in [3.05, 3.63) is 127 Å². The molecule has 0 bridgehead atoms. The standard InChI is InChI=1S/C30H22BrCl2FN4O2/c1-38-26-12-6-18(29(39)36-21-9-7-20(31)8-10-21)14-25(26)37-27(38)15-19-13-17(5-11-22(19)32)16-35-30(40)28-23(33)3-2-4-24(28)34/h2-14H,15-16H2,1H3,(H,35,40)(H,36,39). The Bertz CT molecular complexity index is 1740. The van der Waals surface area contributed by atoms with Gasteiger partial charge in [-0.2, -0.15) is 0 Å². The second kappa shape index (κ2) is 11.8. The molecule has 1 heterocycles. The van der Waals surface area contributed by atoms with Crippen LogP contribution in [-0.4, -0.2) is 21.4 Å². The van der Waals surface area contributed by atoms with Crippen LogP contribution in [0.15, 0.2) is 83.3 Å². The molecule has 0 saturated carbocycles. The minimum absolute atomic E-state index is 0.0464. The molecule has 0 aliphatic rings. The van der Waals surface area contributed by atoms with E-state index in [0.29, 0.717) is 28.2 Å². The third-order valence-electron chi connectivity index (χ3n) is 6.44. The highest BCUT2D eigenvalue weighted by Gasteiger charge is 2.17. The number of imidazole rings is 1. The highest BCUT2D eigenvalue weighted by molar-refractivity contribution is 9.10. The predicted octanol–water partition coefficient (Wildman–Crippen LogP) is 7.55. The summed E-state index contributed by atoms with van der Waals surface area (Å²) in [4.78, 5) is 30.1. The number of nitrogens with zero attached hydrogens (tertiary/aromatic N) is 2. The van der Waals surface area contributed by atoms with Crippen molar-refractivity contribution in [2.24, 2.45) is 7.05 Å². The number of anilines is 1. The monoisotopic (exact) mass is 638 g/mol. The summed E-state index contributed by atoms with van der Waals surface area (Å²) in [6.07, 6.45) is 0.422. The molecule has 0 unspecified atom stereocenters. The number of aryl methyl sites for hydroxylation is 1. The molecule has 40 heavy (non-hydrogen) atoms. The number of hydrogen-bond acceptors (Lipinski definition) is 3. The van der Waals surface area contributed by atoms with Crippen LogP contribution in [0.25, 0.3) is 11.0 Å². The van der Waals surface area contributed by atoms with Gasteiger partial charge in [0.15, 0.2) is 0 Å². The lowest BCUT2D eigenvalue weighted by molar-refractivity contribution is 0.0946. The summed E-state index contributed by atoms with van der Waals surface area (Å²) in [5.74, 6) is -0.764. The molecule has 0 spiro atoms. The molecule has 10 heteroatoms. The molecule has 4 aromatic carbocycles. The Labute approximate surface area is 248 Å². The molecule has 0 saturated heterocycles. The van der Waals surface area contributed by atoms with E-state index in [9.17, 15) is 14.0 Å². The third-order valence-corrected chi connectivity index (χ3v) is 7.65. The zero-order valence-electron chi connectivity index (χ0n) is 21.1. The molecular weight excluding hydrogens is 618 g/mol. The fraction of sp³-hybridized carbons (Fsp3) is 0.100. The summed E-state index contributed by atoms with van der Waals surface area (Å²) in [5, 5.41) is 6.20. The van der Waals surface area contributed by atoms with E-state index >= 15 is 0 Å². The average molecular weight is 640 g/mol. The van der Waals surface area contributed by atoms with Gasteiger partial charge in [-0.05, 0) is 71.8 Å². The molecule has 0 fully saturated rings. The summed E-state index contributed by atoms with van der Waals surface area (Å²) >= 11 is 15.9. The van der Waals surface area contributed by atoms with Crippen LogP contribution in [0.3, 0.4) is 0 Å². The summed E-state index contributed by atoms with van der Waals surface area (Å²) in [5.41, 5.74) is 4.14. The Morgan fingerprint density at radius 2 is 1.73 bits per heavy atom. The molecule has 5 rings (SSSR count). The van der Waals surface area contributed by atoms with E-state index in [1.807, 2.05) is 48.0 Å². The number of halogens is 4. The topological polar surface area (TPSA) is 76.0 Å². The SMILES string of the molecule is Cn1c(Cc2cc(CNC(=O)c3c(F)cccc3Cl)ccc2Cl)nc2cc(C(=O)Nc3ccc(Br)cc3)ccc21.